The van der Waals surface area contributed by atoms with E-state index >= 15 is 0 Å². The minimum Gasteiger partial charge on any atom is -0.481 e. The van der Waals surface area contributed by atoms with Crippen molar-refractivity contribution in [3.63, 3.8) is 0 Å². The smallest absolute Gasteiger partial charge is 0.410 e. The average Bonchev–Trinajstić information content (AvgIpc) is 3.20. The third-order valence-corrected chi connectivity index (χ3v) is 7.61. The second-order valence-corrected chi connectivity index (χ2v) is 9.71. The average molecular weight is 491 g/mol. The Morgan fingerprint density at radius 1 is 1.11 bits per heavy atom. The largest absolute Gasteiger partial charge is 0.481 e. The molecule has 2 atom stereocenters. The molecule has 2 saturated heterocycles. The van der Waals surface area contributed by atoms with E-state index in [9.17, 15) is 14.3 Å². The number of hydrogen-bond donors (Lipinski definition) is 1. The number of carbonyl (C=O) groups is 1. The zero-order chi connectivity index (χ0) is 24.9. The first-order valence-corrected chi connectivity index (χ1v) is 12.1. The first-order chi connectivity index (χ1) is 17.5. The van der Waals surface area contributed by atoms with Crippen molar-refractivity contribution in [3.05, 3.63) is 83.3 Å². The highest BCUT2D eigenvalue weighted by Crippen LogP contribution is 2.46. The highest BCUT2D eigenvalue weighted by molar-refractivity contribution is 5.79. The summed E-state index contributed by atoms with van der Waals surface area (Å²) in [7, 11) is 1.43. The van der Waals surface area contributed by atoms with Crippen LogP contribution < -0.4 is 4.74 Å². The molecule has 2 fully saturated rings. The highest BCUT2D eigenvalue weighted by atomic mass is 19.1. The lowest BCUT2D eigenvalue weighted by Gasteiger charge is -2.51. The van der Waals surface area contributed by atoms with Crippen LogP contribution in [0, 0.1) is 5.82 Å². The fourth-order valence-electron chi connectivity index (χ4n) is 6.09. The molecule has 2 aliphatic heterocycles. The van der Waals surface area contributed by atoms with E-state index in [-0.39, 0.29) is 50.0 Å². The van der Waals surface area contributed by atoms with Crippen LogP contribution in [0.1, 0.15) is 35.4 Å². The first kappa shape index (κ1) is 22.9. The predicted molar refractivity (Wildman–Crippen MR) is 129 cm³/mol. The Morgan fingerprint density at radius 3 is 2.33 bits per heavy atom. The summed E-state index contributed by atoms with van der Waals surface area (Å²) < 4.78 is 30.9. The number of methoxy groups -OCH3 is 1. The lowest BCUT2D eigenvalue weighted by molar-refractivity contribution is -0.137. The number of amides is 1. The Balaban J connectivity index is 1.22. The molecule has 0 radical (unpaired) electrons. The van der Waals surface area contributed by atoms with E-state index in [4.69, 9.17) is 14.2 Å². The van der Waals surface area contributed by atoms with Crippen molar-refractivity contribution in [1.29, 1.82) is 0 Å². The summed E-state index contributed by atoms with van der Waals surface area (Å²) in [6, 6.07) is 16.8. The molecule has 1 aliphatic carbocycles. The molecular formula is C28H27FN2O5. The van der Waals surface area contributed by atoms with E-state index in [1.807, 2.05) is 24.3 Å². The van der Waals surface area contributed by atoms with Gasteiger partial charge in [-0.15, -0.1) is 0 Å². The number of benzene rings is 2. The fraction of sp³-hybridized carbons (Fsp3) is 0.357. The number of rotatable bonds is 4. The monoisotopic (exact) mass is 490 g/mol. The lowest BCUT2D eigenvalue weighted by Crippen LogP contribution is -2.62. The van der Waals surface area contributed by atoms with Gasteiger partial charge in [0.2, 0.25) is 5.88 Å². The first-order valence-electron chi connectivity index (χ1n) is 12.1. The number of aliphatic hydroxyl groups is 1. The number of piperidine rings is 1. The number of hydrogen-bond acceptors (Lipinski definition) is 6. The summed E-state index contributed by atoms with van der Waals surface area (Å²) >= 11 is 0. The lowest BCUT2D eigenvalue weighted by atomic mass is 9.77. The van der Waals surface area contributed by atoms with Gasteiger partial charge in [0.05, 0.1) is 44.2 Å². The number of halogens is 1. The van der Waals surface area contributed by atoms with Crippen molar-refractivity contribution in [3.8, 4) is 17.0 Å². The van der Waals surface area contributed by atoms with Crippen LogP contribution in [0.5, 0.6) is 5.88 Å². The van der Waals surface area contributed by atoms with Crippen LogP contribution in [0.25, 0.3) is 11.1 Å². The molecule has 3 heterocycles. The second kappa shape index (κ2) is 8.87. The van der Waals surface area contributed by atoms with E-state index in [1.165, 1.54) is 24.3 Å². The molecule has 186 valence electrons. The third-order valence-electron chi connectivity index (χ3n) is 7.61. The number of fused-ring (bicyclic) bond motifs is 5. The number of ether oxygens (including phenoxy) is 3. The van der Waals surface area contributed by atoms with E-state index < -0.39 is 29.6 Å². The van der Waals surface area contributed by atoms with Gasteiger partial charge in [0, 0.05) is 24.3 Å². The molecule has 2 unspecified atom stereocenters. The Morgan fingerprint density at radius 2 is 1.72 bits per heavy atom. The summed E-state index contributed by atoms with van der Waals surface area (Å²) in [6.45, 7) is 0.734. The van der Waals surface area contributed by atoms with Crippen LogP contribution in [-0.2, 0) is 15.1 Å². The molecule has 2 aromatic carbocycles. The quantitative estimate of drug-likeness (QED) is 0.590. The van der Waals surface area contributed by atoms with Crippen molar-refractivity contribution < 1.29 is 28.5 Å². The van der Waals surface area contributed by atoms with Crippen molar-refractivity contribution in [2.75, 3.05) is 26.9 Å². The van der Waals surface area contributed by atoms with E-state index in [2.05, 4.69) is 29.2 Å². The van der Waals surface area contributed by atoms with Crippen molar-refractivity contribution in [2.24, 2.45) is 0 Å². The maximum Gasteiger partial charge on any atom is 0.410 e. The summed E-state index contributed by atoms with van der Waals surface area (Å²) in [5.41, 5.74) is 3.51. The number of morpholine rings is 1. The molecule has 6 rings (SSSR count). The van der Waals surface area contributed by atoms with Gasteiger partial charge in [-0.3, -0.25) is 4.90 Å². The number of carbonyl (C=O) groups excluding carboxylic acids is 1. The minimum absolute atomic E-state index is 0.0400. The van der Waals surface area contributed by atoms with Gasteiger partial charge < -0.3 is 19.3 Å². The molecule has 0 spiro atoms. The van der Waals surface area contributed by atoms with Gasteiger partial charge in [0.25, 0.3) is 0 Å². The topological polar surface area (TPSA) is 81.1 Å². The van der Waals surface area contributed by atoms with Gasteiger partial charge in [0.1, 0.15) is 12.4 Å². The van der Waals surface area contributed by atoms with Crippen LogP contribution in [0.3, 0.4) is 0 Å². The third kappa shape index (κ3) is 3.72. The fourth-order valence-corrected chi connectivity index (χ4v) is 6.09. The molecule has 3 aromatic rings. The van der Waals surface area contributed by atoms with Gasteiger partial charge in [-0.25, -0.2) is 14.2 Å². The summed E-state index contributed by atoms with van der Waals surface area (Å²) in [4.78, 5) is 19.1. The molecule has 0 saturated carbocycles. The van der Waals surface area contributed by atoms with Crippen LogP contribution in [0.4, 0.5) is 9.18 Å². The molecule has 8 heteroatoms. The SMILES string of the molecule is COc1ncc(F)cc1C1(O)CC2COCC(C1)N2C(=O)OCC1c2ccccc2-c2ccccc21. The van der Waals surface area contributed by atoms with E-state index in [1.54, 1.807) is 4.90 Å². The van der Waals surface area contributed by atoms with Gasteiger partial charge in [0.15, 0.2) is 0 Å². The van der Waals surface area contributed by atoms with E-state index in [0.29, 0.717) is 0 Å². The van der Waals surface area contributed by atoms with Crippen molar-refractivity contribution >= 4 is 6.09 Å². The van der Waals surface area contributed by atoms with Crippen LogP contribution in [-0.4, -0.2) is 60.1 Å². The molecule has 2 bridgehead atoms. The summed E-state index contributed by atoms with van der Waals surface area (Å²) in [5.74, 6) is -0.422. The van der Waals surface area contributed by atoms with Crippen LogP contribution in [0.15, 0.2) is 60.8 Å². The molecule has 7 nitrogen and oxygen atoms in total. The predicted octanol–water partition coefficient (Wildman–Crippen LogP) is 4.23. The zero-order valence-electron chi connectivity index (χ0n) is 19.9. The van der Waals surface area contributed by atoms with E-state index in [0.717, 1.165) is 17.3 Å². The van der Waals surface area contributed by atoms with Crippen LogP contribution >= 0.6 is 0 Å². The molecule has 1 amide bonds. The van der Waals surface area contributed by atoms with Crippen LogP contribution in [0.2, 0.25) is 0 Å². The minimum atomic E-state index is -1.40. The zero-order valence-corrected chi connectivity index (χ0v) is 19.9. The second-order valence-electron chi connectivity index (χ2n) is 9.71. The van der Waals surface area contributed by atoms with Gasteiger partial charge >= 0.3 is 6.09 Å². The maximum atomic E-state index is 14.0. The Kier molecular flexibility index (Phi) is 5.65. The number of nitrogens with zero attached hydrogens (tertiary/aromatic N) is 2. The number of aromatic nitrogens is 1. The Bertz CT molecular complexity index is 1260. The van der Waals surface area contributed by atoms with Crippen molar-refractivity contribution in [2.45, 2.75) is 36.4 Å². The standard InChI is InChI=1S/C28H27FN2O5/c1-34-26-25(10-17(29)13-30-26)28(33)11-18-14-35-15-19(12-28)31(18)27(32)36-16-24-22-8-4-2-6-20(22)21-7-3-5-9-23(21)24/h2-10,13,18-19,24,33H,11-12,14-16H2,1H3. The van der Waals surface area contributed by atoms with Gasteiger partial charge in [-0.2, -0.15) is 0 Å². The van der Waals surface area contributed by atoms with Gasteiger partial charge in [-0.05, 0) is 28.3 Å². The molecule has 1 N–H and O–H groups in total. The molecule has 3 aliphatic rings. The Labute approximate surface area is 208 Å². The molecule has 36 heavy (non-hydrogen) atoms. The van der Waals surface area contributed by atoms with Crippen molar-refractivity contribution in [1.82, 2.24) is 9.88 Å². The molecule has 1 aromatic heterocycles. The van der Waals surface area contributed by atoms with Gasteiger partial charge in [-0.1, -0.05) is 48.5 Å². The summed E-state index contributed by atoms with van der Waals surface area (Å²) in [5, 5.41) is 11.6. The normalized spacial score (nSPS) is 24.7. The highest BCUT2D eigenvalue weighted by Gasteiger charge is 2.51. The summed E-state index contributed by atoms with van der Waals surface area (Å²) in [6.07, 6.45) is 0.952. The Hall–Kier alpha value is -3.49. The number of pyridine rings is 1. The molecular weight excluding hydrogens is 463 g/mol. The maximum absolute atomic E-state index is 14.0.